The number of hydrogen-bond donors (Lipinski definition) is 2. The Morgan fingerprint density at radius 1 is 1.26 bits per heavy atom. The first kappa shape index (κ1) is 22.2. The Kier molecular flexibility index (Phi) is 7.51. The number of halogens is 1. The van der Waals surface area contributed by atoms with E-state index in [1.54, 1.807) is 17.8 Å². The molecule has 1 unspecified atom stereocenters. The van der Waals surface area contributed by atoms with Crippen molar-refractivity contribution in [2.45, 2.75) is 56.8 Å². The number of hydrogen-bond acceptors (Lipinski definition) is 4. The molecule has 0 saturated carbocycles. The number of fused-ring (bicyclic) bond motifs is 1. The van der Waals surface area contributed by atoms with Crippen molar-refractivity contribution in [3.8, 4) is 5.69 Å². The molecule has 0 radical (unpaired) electrons. The zero-order chi connectivity index (χ0) is 21.6. The van der Waals surface area contributed by atoms with Crippen LogP contribution in [0.25, 0.3) is 16.6 Å². The van der Waals surface area contributed by atoms with Crippen molar-refractivity contribution in [2.24, 2.45) is 0 Å². The van der Waals surface area contributed by atoms with Gasteiger partial charge in [-0.05, 0) is 61.2 Å². The maximum absolute atomic E-state index is 14.9. The molecule has 4 nitrogen and oxygen atoms in total. The van der Waals surface area contributed by atoms with Gasteiger partial charge in [0.15, 0.2) is 0 Å². The third-order valence-electron chi connectivity index (χ3n) is 6.09. The monoisotopic (exact) mass is 440 g/mol. The number of rotatable bonds is 9. The van der Waals surface area contributed by atoms with E-state index < -0.39 is 0 Å². The number of benzene rings is 1. The molecule has 6 heteroatoms. The molecule has 1 saturated heterocycles. The summed E-state index contributed by atoms with van der Waals surface area (Å²) in [6, 6.07) is 5.64. The normalized spacial score (nSPS) is 16.7. The first-order chi connectivity index (χ1) is 15.2. The molecule has 1 aliphatic heterocycles. The van der Waals surface area contributed by atoms with Crippen molar-refractivity contribution in [2.75, 3.05) is 30.7 Å². The highest BCUT2D eigenvalue weighted by Gasteiger charge is 2.23. The summed E-state index contributed by atoms with van der Waals surface area (Å²) >= 11 is 1.70. The number of nitrogens with zero attached hydrogens (tertiary/aromatic N) is 2. The number of pyridine rings is 1. The Morgan fingerprint density at radius 3 is 2.94 bits per heavy atom. The van der Waals surface area contributed by atoms with Gasteiger partial charge in [0.2, 0.25) is 0 Å². The molecular formula is C25H33FN4S. The smallest absolute Gasteiger partial charge is 0.147 e. The number of unbranched alkanes of at least 4 members (excludes halogenated alkanes) is 2. The summed E-state index contributed by atoms with van der Waals surface area (Å²) in [6.07, 6.45) is 11.8. The SMILES string of the molecule is CCCCCNc1c(F)ccc(-n2cc(C3CCCNC3)c3ccncc32)c1SCC. The highest BCUT2D eigenvalue weighted by Crippen LogP contribution is 2.39. The van der Waals surface area contributed by atoms with Crippen molar-refractivity contribution in [1.82, 2.24) is 14.9 Å². The van der Waals surface area contributed by atoms with Crippen LogP contribution in [-0.2, 0) is 0 Å². The van der Waals surface area contributed by atoms with Crippen molar-refractivity contribution >= 4 is 28.4 Å². The fourth-order valence-corrected chi connectivity index (χ4v) is 5.44. The highest BCUT2D eigenvalue weighted by molar-refractivity contribution is 7.99. The van der Waals surface area contributed by atoms with E-state index in [0.29, 0.717) is 11.6 Å². The Morgan fingerprint density at radius 2 is 2.16 bits per heavy atom. The Balaban J connectivity index is 1.80. The van der Waals surface area contributed by atoms with E-state index in [4.69, 9.17) is 0 Å². The van der Waals surface area contributed by atoms with E-state index in [1.165, 1.54) is 23.8 Å². The van der Waals surface area contributed by atoms with Crippen LogP contribution in [0.4, 0.5) is 10.1 Å². The van der Waals surface area contributed by atoms with Crippen LogP contribution < -0.4 is 10.6 Å². The van der Waals surface area contributed by atoms with E-state index in [1.807, 2.05) is 18.5 Å². The minimum atomic E-state index is -0.178. The Labute approximate surface area is 189 Å². The standard InChI is InChI=1S/C25H33FN4S/c1-3-5-6-13-29-24-21(26)9-10-22(25(24)31-4-2)30-17-20(18-8-7-12-27-15-18)19-11-14-28-16-23(19)30/h9-11,14,16-18,27,29H,3-8,12-13,15H2,1-2H3. The van der Waals surface area contributed by atoms with Crippen LogP contribution in [0, 0.1) is 5.82 Å². The second-order valence-electron chi connectivity index (χ2n) is 8.23. The van der Waals surface area contributed by atoms with Crippen molar-refractivity contribution in [3.05, 3.63) is 48.2 Å². The predicted octanol–water partition coefficient (Wildman–Crippen LogP) is 6.35. The molecule has 0 bridgehead atoms. The van der Waals surface area contributed by atoms with Gasteiger partial charge in [0.1, 0.15) is 5.82 Å². The first-order valence-corrected chi connectivity index (χ1v) is 12.6. The topological polar surface area (TPSA) is 41.9 Å². The van der Waals surface area contributed by atoms with Gasteiger partial charge in [0.05, 0.1) is 28.0 Å². The molecule has 0 spiro atoms. The summed E-state index contributed by atoms with van der Waals surface area (Å²) < 4.78 is 17.1. The van der Waals surface area contributed by atoms with Gasteiger partial charge < -0.3 is 15.2 Å². The second-order valence-corrected chi connectivity index (χ2v) is 9.50. The number of aromatic nitrogens is 2. The fourth-order valence-electron chi connectivity index (χ4n) is 4.52. The Hall–Kier alpha value is -2.05. The van der Waals surface area contributed by atoms with Crippen LogP contribution in [0.5, 0.6) is 0 Å². The van der Waals surface area contributed by atoms with Gasteiger partial charge in [-0.2, -0.15) is 0 Å². The van der Waals surface area contributed by atoms with Crippen LogP contribution in [-0.4, -0.2) is 34.9 Å². The third kappa shape index (κ3) is 4.75. The molecule has 0 aliphatic carbocycles. The maximum atomic E-state index is 14.9. The third-order valence-corrected chi connectivity index (χ3v) is 7.08. The molecule has 3 heterocycles. The van der Waals surface area contributed by atoms with Crippen molar-refractivity contribution in [3.63, 3.8) is 0 Å². The Bertz CT molecular complexity index is 1010. The molecule has 1 fully saturated rings. The number of nitrogens with one attached hydrogen (secondary N) is 2. The molecule has 4 rings (SSSR count). The highest BCUT2D eigenvalue weighted by atomic mass is 32.2. The summed E-state index contributed by atoms with van der Waals surface area (Å²) in [5.74, 6) is 1.20. The van der Waals surface area contributed by atoms with Gasteiger partial charge in [0, 0.05) is 30.9 Å². The molecule has 166 valence electrons. The van der Waals surface area contributed by atoms with Crippen LogP contribution in [0.2, 0.25) is 0 Å². The fraction of sp³-hybridized carbons (Fsp3) is 0.480. The minimum absolute atomic E-state index is 0.178. The first-order valence-electron chi connectivity index (χ1n) is 11.6. The average molecular weight is 441 g/mol. The van der Waals surface area contributed by atoms with Gasteiger partial charge in [-0.25, -0.2) is 4.39 Å². The van der Waals surface area contributed by atoms with Gasteiger partial charge >= 0.3 is 0 Å². The zero-order valence-corrected chi connectivity index (χ0v) is 19.4. The van der Waals surface area contributed by atoms with Gasteiger partial charge in [-0.1, -0.05) is 26.7 Å². The molecule has 0 amide bonds. The van der Waals surface area contributed by atoms with E-state index >= 15 is 0 Å². The molecule has 1 aliphatic rings. The minimum Gasteiger partial charge on any atom is -0.382 e. The maximum Gasteiger partial charge on any atom is 0.147 e. The van der Waals surface area contributed by atoms with Crippen LogP contribution >= 0.6 is 11.8 Å². The lowest BCUT2D eigenvalue weighted by Gasteiger charge is -2.22. The van der Waals surface area contributed by atoms with E-state index in [2.05, 4.69) is 46.3 Å². The van der Waals surface area contributed by atoms with E-state index in [0.717, 1.165) is 60.7 Å². The number of thioether (sulfide) groups is 1. The van der Waals surface area contributed by atoms with Crippen LogP contribution in [0.1, 0.15) is 57.4 Å². The quantitative estimate of drug-likeness (QED) is 0.301. The lowest BCUT2D eigenvalue weighted by Crippen LogP contribution is -2.28. The van der Waals surface area contributed by atoms with Crippen molar-refractivity contribution < 1.29 is 4.39 Å². The number of anilines is 1. The second kappa shape index (κ2) is 10.5. The van der Waals surface area contributed by atoms with Crippen molar-refractivity contribution in [1.29, 1.82) is 0 Å². The van der Waals surface area contributed by atoms with Crippen LogP contribution in [0.3, 0.4) is 0 Å². The molecule has 3 aromatic rings. The lowest BCUT2D eigenvalue weighted by molar-refractivity contribution is 0.463. The molecule has 31 heavy (non-hydrogen) atoms. The summed E-state index contributed by atoms with van der Waals surface area (Å²) in [5.41, 5.74) is 4.11. The summed E-state index contributed by atoms with van der Waals surface area (Å²) in [4.78, 5) is 5.39. The van der Waals surface area contributed by atoms with E-state index in [9.17, 15) is 4.39 Å². The lowest BCUT2D eigenvalue weighted by atomic mass is 9.92. The largest absolute Gasteiger partial charge is 0.382 e. The molecule has 1 atom stereocenters. The van der Waals surface area contributed by atoms with Gasteiger partial charge in [-0.3, -0.25) is 4.98 Å². The van der Waals surface area contributed by atoms with Gasteiger partial charge in [-0.15, -0.1) is 11.8 Å². The summed E-state index contributed by atoms with van der Waals surface area (Å²) in [7, 11) is 0. The number of piperidine rings is 1. The van der Waals surface area contributed by atoms with E-state index in [-0.39, 0.29) is 5.82 Å². The van der Waals surface area contributed by atoms with Crippen LogP contribution in [0.15, 0.2) is 41.7 Å². The van der Waals surface area contributed by atoms with Gasteiger partial charge in [0.25, 0.3) is 0 Å². The zero-order valence-electron chi connectivity index (χ0n) is 18.6. The molecule has 2 aromatic heterocycles. The summed E-state index contributed by atoms with van der Waals surface area (Å²) in [6.45, 7) is 7.20. The average Bonchev–Trinajstić information content (AvgIpc) is 3.19. The molecular weight excluding hydrogens is 407 g/mol. The summed E-state index contributed by atoms with van der Waals surface area (Å²) in [5, 5.41) is 8.18. The molecule has 2 N–H and O–H groups in total. The predicted molar refractivity (Wildman–Crippen MR) is 130 cm³/mol. The molecule has 1 aromatic carbocycles.